The van der Waals surface area contributed by atoms with Crippen LogP contribution in [0.5, 0.6) is 0 Å². The maximum Gasteiger partial charge on any atom is 0.172 e. The molecule has 1 aliphatic carbocycles. The van der Waals surface area contributed by atoms with Gasteiger partial charge in [-0.3, -0.25) is 0 Å². The highest BCUT2D eigenvalue weighted by molar-refractivity contribution is 5.57. The molecule has 16 heavy (non-hydrogen) atoms. The normalized spacial score (nSPS) is 14.5. The van der Waals surface area contributed by atoms with Crippen molar-refractivity contribution in [1.82, 2.24) is 15.4 Å². The number of fused-ring (bicyclic) bond motifs is 1. The van der Waals surface area contributed by atoms with Gasteiger partial charge in [-0.25, -0.2) is 0 Å². The molecule has 0 atom stereocenters. The number of hydrogen-bond donors (Lipinski definition) is 2. The quantitative estimate of drug-likeness (QED) is 0.807. The standard InChI is InChI=1S/C12H14N4/c1-2-4-10-7-11(6-5-9(10)3-1)14-12-8-13-16-15-12/h5-8H,1-4H2,(H2,13,14,15,16). The predicted octanol–water partition coefficient (Wildman–Crippen LogP) is 2.43. The van der Waals surface area contributed by atoms with Gasteiger partial charge >= 0.3 is 0 Å². The maximum absolute atomic E-state index is 3.98. The molecule has 0 saturated carbocycles. The van der Waals surface area contributed by atoms with Crippen molar-refractivity contribution in [2.45, 2.75) is 25.7 Å². The fourth-order valence-electron chi connectivity index (χ4n) is 2.22. The Labute approximate surface area is 94.1 Å². The highest BCUT2D eigenvalue weighted by Gasteiger charge is 2.09. The van der Waals surface area contributed by atoms with E-state index in [4.69, 9.17) is 0 Å². The van der Waals surface area contributed by atoms with Gasteiger partial charge in [0.15, 0.2) is 5.82 Å². The summed E-state index contributed by atoms with van der Waals surface area (Å²) in [4.78, 5) is 0. The number of rotatable bonds is 2. The number of anilines is 2. The van der Waals surface area contributed by atoms with E-state index in [1.165, 1.54) is 36.8 Å². The summed E-state index contributed by atoms with van der Waals surface area (Å²) in [7, 11) is 0. The summed E-state index contributed by atoms with van der Waals surface area (Å²) in [5.74, 6) is 0.760. The van der Waals surface area contributed by atoms with Crippen molar-refractivity contribution in [1.29, 1.82) is 0 Å². The second-order valence-corrected chi connectivity index (χ2v) is 4.17. The number of aryl methyl sites for hydroxylation is 2. The van der Waals surface area contributed by atoms with Gasteiger partial charge < -0.3 is 5.32 Å². The monoisotopic (exact) mass is 214 g/mol. The number of nitrogens with zero attached hydrogens (tertiary/aromatic N) is 2. The van der Waals surface area contributed by atoms with Crippen molar-refractivity contribution in [3.8, 4) is 0 Å². The van der Waals surface area contributed by atoms with Crippen LogP contribution in [0.1, 0.15) is 24.0 Å². The van der Waals surface area contributed by atoms with Crippen LogP contribution in [-0.2, 0) is 12.8 Å². The molecule has 0 spiro atoms. The van der Waals surface area contributed by atoms with Crippen LogP contribution < -0.4 is 5.32 Å². The van der Waals surface area contributed by atoms with Crippen molar-refractivity contribution in [2.75, 3.05) is 5.32 Å². The number of benzene rings is 1. The number of hydrogen-bond acceptors (Lipinski definition) is 3. The Kier molecular flexibility index (Phi) is 2.33. The van der Waals surface area contributed by atoms with Crippen LogP contribution in [0, 0.1) is 0 Å². The van der Waals surface area contributed by atoms with Crippen LogP contribution >= 0.6 is 0 Å². The molecular weight excluding hydrogens is 200 g/mol. The fourth-order valence-corrected chi connectivity index (χ4v) is 2.22. The molecule has 1 heterocycles. The maximum atomic E-state index is 3.98. The van der Waals surface area contributed by atoms with E-state index in [-0.39, 0.29) is 0 Å². The van der Waals surface area contributed by atoms with E-state index in [0.717, 1.165) is 11.5 Å². The third-order valence-electron chi connectivity index (χ3n) is 3.04. The van der Waals surface area contributed by atoms with Crippen molar-refractivity contribution in [2.24, 2.45) is 0 Å². The van der Waals surface area contributed by atoms with Gasteiger partial charge in [-0.15, -0.1) is 5.10 Å². The van der Waals surface area contributed by atoms with Crippen molar-refractivity contribution >= 4 is 11.5 Å². The first-order valence-corrected chi connectivity index (χ1v) is 5.66. The summed E-state index contributed by atoms with van der Waals surface area (Å²) in [5.41, 5.74) is 4.06. The third-order valence-corrected chi connectivity index (χ3v) is 3.04. The highest BCUT2D eigenvalue weighted by Crippen LogP contribution is 2.25. The molecule has 1 aromatic heterocycles. The molecule has 82 valence electrons. The Morgan fingerprint density at radius 3 is 2.81 bits per heavy atom. The molecule has 1 aromatic carbocycles. The molecule has 0 unspecified atom stereocenters. The van der Waals surface area contributed by atoms with Gasteiger partial charge in [0.1, 0.15) is 0 Å². The molecular formula is C12H14N4. The molecule has 0 bridgehead atoms. The summed E-state index contributed by atoms with van der Waals surface area (Å²) in [5, 5.41) is 13.6. The second-order valence-electron chi connectivity index (χ2n) is 4.17. The van der Waals surface area contributed by atoms with Gasteiger partial charge in [-0.1, -0.05) is 6.07 Å². The molecule has 0 amide bonds. The topological polar surface area (TPSA) is 53.6 Å². The number of aromatic amines is 1. The summed E-state index contributed by atoms with van der Waals surface area (Å²) < 4.78 is 0. The molecule has 1 aliphatic rings. The molecule has 3 rings (SSSR count). The Morgan fingerprint density at radius 2 is 2.00 bits per heavy atom. The van der Waals surface area contributed by atoms with E-state index >= 15 is 0 Å². The van der Waals surface area contributed by atoms with Gasteiger partial charge in [0.25, 0.3) is 0 Å². The molecule has 4 nitrogen and oxygen atoms in total. The molecule has 0 radical (unpaired) electrons. The average molecular weight is 214 g/mol. The van der Waals surface area contributed by atoms with Gasteiger partial charge in [0.2, 0.25) is 0 Å². The highest BCUT2D eigenvalue weighted by atomic mass is 15.3. The number of H-pyrrole nitrogens is 1. The summed E-state index contributed by atoms with van der Waals surface area (Å²) >= 11 is 0. The largest absolute Gasteiger partial charge is 0.337 e. The molecule has 2 N–H and O–H groups in total. The molecule has 2 aromatic rings. The summed E-state index contributed by atoms with van der Waals surface area (Å²) in [6.45, 7) is 0. The average Bonchev–Trinajstić information content (AvgIpc) is 2.82. The van der Waals surface area contributed by atoms with Gasteiger partial charge in [-0.2, -0.15) is 10.3 Å². The van der Waals surface area contributed by atoms with Crippen LogP contribution in [0.25, 0.3) is 0 Å². The minimum absolute atomic E-state index is 0.760. The Morgan fingerprint density at radius 1 is 1.12 bits per heavy atom. The number of nitrogens with one attached hydrogen (secondary N) is 2. The lowest BCUT2D eigenvalue weighted by molar-refractivity contribution is 0.686. The lowest BCUT2D eigenvalue weighted by Gasteiger charge is -2.16. The first kappa shape index (κ1) is 9.39. The Hall–Kier alpha value is -1.84. The fraction of sp³-hybridized carbons (Fsp3) is 0.333. The number of aromatic nitrogens is 3. The van der Waals surface area contributed by atoms with Gasteiger partial charge in [0, 0.05) is 5.69 Å². The predicted molar refractivity (Wildman–Crippen MR) is 62.7 cm³/mol. The minimum Gasteiger partial charge on any atom is -0.337 e. The zero-order chi connectivity index (χ0) is 10.8. The van der Waals surface area contributed by atoms with Crippen molar-refractivity contribution < 1.29 is 0 Å². The smallest absolute Gasteiger partial charge is 0.172 e. The first-order chi connectivity index (χ1) is 7.92. The van der Waals surface area contributed by atoms with Crippen LogP contribution in [0.3, 0.4) is 0 Å². The van der Waals surface area contributed by atoms with E-state index in [1.54, 1.807) is 6.20 Å². The summed E-state index contributed by atoms with van der Waals surface area (Å²) in [6, 6.07) is 6.55. The van der Waals surface area contributed by atoms with E-state index in [2.05, 4.69) is 38.9 Å². The van der Waals surface area contributed by atoms with E-state index in [1.807, 2.05) is 0 Å². The van der Waals surface area contributed by atoms with Gasteiger partial charge in [0.05, 0.1) is 6.20 Å². The van der Waals surface area contributed by atoms with Crippen molar-refractivity contribution in [3.05, 3.63) is 35.5 Å². The Bertz CT molecular complexity index is 476. The van der Waals surface area contributed by atoms with Crippen LogP contribution in [0.15, 0.2) is 24.4 Å². The SMILES string of the molecule is c1cc2c(cc1Nc1cn[nH]n1)CCCC2. The van der Waals surface area contributed by atoms with Crippen molar-refractivity contribution in [3.63, 3.8) is 0 Å². The lowest BCUT2D eigenvalue weighted by Crippen LogP contribution is -2.03. The van der Waals surface area contributed by atoms with E-state index in [0.29, 0.717) is 0 Å². The van der Waals surface area contributed by atoms with Crippen LogP contribution in [0.2, 0.25) is 0 Å². The zero-order valence-corrected chi connectivity index (χ0v) is 9.03. The summed E-state index contributed by atoms with van der Waals surface area (Å²) in [6.07, 6.45) is 6.73. The minimum atomic E-state index is 0.760. The molecule has 0 aliphatic heterocycles. The lowest BCUT2D eigenvalue weighted by atomic mass is 9.91. The third kappa shape index (κ3) is 1.78. The Balaban J connectivity index is 1.86. The van der Waals surface area contributed by atoms with E-state index < -0.39 is 0 Å². The zero-order valence-electron chi connectivity index (χ0n) is 9.03. The molecule has 0 fully saturated rings. The van der Waals surface area contributed by atoms with Crippen LogP contribution in [-0.4, -0.2) is 15.4 Å². The van der Waals surface area contributed by atoms with E-state index in [9.17, 15) is 0 Å². The van der Waals surface area contributed by atoms with Gasteiger partial charge in [-0.05, 0) is 48.9 Å². The second kappa shape index (κ2) is 3.96. The molecule has 0 saturated heterocycles. The first-order valence-electron chi connectivity index (χ1n) is 5.66. The van der Waals surface area contributed by atoms with Crippen LogP contribution in [0.4, 0.5) is 11.5 Å². The molecule has 4 heteroatoms.